The number of nitrogens with two attached hydrogens (primary N) is 1. The van der Waals surface area contributed by atoms with Crippen molar-refractivity contribution in [2.45, 2.75) is 6.42 Å². The summed E-state index contributed by atoms with van der Waals surface area (Å²) in [6.45, 7) is 0. The highest BCUT2D eigenvalue weighted by Crippen LogP contribution is 2.22. The van der Waals surface area contributed by atoms with E-state index in [2.05, 4.69) is 15.9 Å². The Labute approximate surface area is 77.7 Å². The van der Waals surface area contributed by atoms with Gasteiger partial charge in [0.25, 0.3) is 0 Å². The number of halogens is 2. The Morgan fingerprint density at radius 3 is 2.83 bits per heavy atom. The fourth-order valence-electron chi connectivity index (χ4n) is 0.870. The van der Waals surface area contributed by atoms with Crippen molar-refractivity contribution in [3.05, 3.63) is 28.0 Å². The van der Waals surface area contributed by atoms with Crippen molar-refractivity contribution in [3.63, 3.8) is 0 Å². The Morgan fingerprint density at radius 1 is 1.58 bits per heavy atom. The fourth-order valence-corrected chi connectivity index (χ4v) is 1.23. The molecule has 0 radical (unpaired) electrons. The smallest absolute Gasteiger partial charge is 0.137 e. The van der Waals surface area contributed by atoms with Crippen LogP contribution < -0.4 is 5.73 Å². The number of aldehydes is 1. The maximum atomic E-state index is 12.9. The predicted octanol–water partition coefficient (Wildman–Crippen LogP) is 1.91. The molecule has 0 saturated carbocycles. The van der Waals surface area contributed by atoms with Gasteiger partial charge in [0.2, 0.25) is 0 Å². The molecule has 1 aromatic carbocycles. The summed E-state index contributed by atoms with van der Waals surface area (Å²) >= 11 is 2.99. The van der Waals surface area contributed by atoms with Gasteiger partial charge in [-0.2, -0.15) is 0 Å². The molecular weight excluding hydrogens is 225 g/mol. The van der Waals surface area contributed by atoms with E-state index in [1.165, 1.54) is 12.1 Å². The predicted molar refractivity (Wildman–Crippen MR) is 48.3 cm³/mol. The molecule has 64 valence electrons. The molecule has 12 heavy (non-hydrogen) atoms. The van der Waals surface area contributed by atoms with Crippen LogP contribution in [0.1, 0.15) is 5.56 Å². The Hall–Kier alpha value is -0.900. The number of rotatable bonds is 2. The van der Waals surface area contributed by atoms with Gasteiger partial charge in [0.1, 0.15) is 12.1 Å². The summed E-state index contributed by atoms with van der Waals surface area (Å²) in [5.74, 6) is -0.402. The normalized spacial score (nSPS) is 9.83. The first-order chi connectivity index (χ1) is 5.65. The molecule has 0 fully saturated rings. The molecular formula is C8H7BrFNO. The van der Waals surface area contributed by atoms with Gasteiger partial charge >= 0.3 is 0 Å². The number of hydrogen-bond acceptors (Lipinski definition) is 2. The number of carbonyl (C=O) groups is 1. The van der Waals surface area contributed by atoms with Gasteiger partial charge in [-0.25, -0.2) is 4.39 Å². The summed E-state index contributed by atoms with van der Waals surface area (Å²) < 4.78 is 13.2. The van der Waals surface area contributed by atoms with Crippen LogP contribution in [0.5, 0.6) is 0 Å². The van der Waals surface area contributed by atoms with E-state index in [9.17, 15) is 9.18 Å². The summed E-state index contributed by atoms with van der Waals surface area (Å²) in [5, 5.41) is 0. The first-order valence-corrected chi connectivity index (χ1v) is 4.11. The van der Waals surface area contributed by atoms with Crippen LogP contribution in [-0.2, 0) is 11.2 Å². The van der Waals surface area contributed by atoms with Crippen LogP contribution in [0, 0.1) is 5.82 Å². The van der Waals surface area contributed by atoms with E-state index in [0.29, 0.717) is 22.0 Å². The van der Waals surface area contributed by atoms with Crippen LogP contribution in [0.3, 0.4) is 0 Å². The molecule has 1 rings (SSSR count). The third-order valence-electron chi connectivity index (χ3n) is 1.49. The monoisotopic (exact) mass is 231 g/mol. The van der Waals surface area contributed by atoms with E-state index < -0.39 is 5.82 Å². The molecule has 0 aromatic heterocycles. The molecule has 2 N–H and O–H groups in total. The largest absolute Gasteiger partial charge is 0.398 e. The van der Waals surface area contributed by atoms with E-state index in [1.54, 1.807) is 0 Å². The maximum Gasteiger partial charge on any atom is 0.137 e. The van der Waals surface area contributed by atoms with E-state index >= 15 is 0 Å². The molecule has 0 heterocycles. The van der Waals surface area contributed by atoms with Gasteiger partial charge in [0.15, 0.2) is 0 Å². The van der Waals surface area contributed by atoms with Gasteiger partial charge in [-0.1, -0.05) is 0 Å². The summed E-state index contributed by atoms with van der Waals surface area (Å²) in [4.78, 5) is 10.1. The van der Waals surface area contributed by atoms with E-state index in [1.807, 2.05) is 0 Å². The number of benzene rings is 1. The van der Waals surface area contributed by atoms with E-state index in [4.69, 9.17) is 5.73 Å². The minimum atomic E-state index is -0.402. The summed E-state index contributed by atoms with van der Waals surface area (Å²) in [6.07, 6.45) is 0.842. The first-order valence-electron chi connectivity index (χ1n) is 3.32. The Bertz CT molecular complexity index is 314. The Balaban J connectivity index is 3.13. The zero-order valence-corrected chi connectivity index (χ0v) is 7.77. The number of carbonyl (C=O) groups excluding carboxylic acids is 1. The molecule has 0 aliphatic rings. The molecule has 1 aromatic rings. The van der Waals surface area contributed by atoms with Gasteiger partial charge < -0.3 is 10.5 Å². The average molecular weight is 232 g/mol. The molecule has 0 atom stereocenters. The lowest BCUT2D eigenvalue weighted by Gasteiger charge is -2.02. The molecule has 2 nitrogen and oxygen atoms in total. The summed E-state index contributed by atoms with van der Waals surface area (Å²) in [5.41, 5.74) is 6.47. The average Bonchev–Trinajstić information content (AvgIpc) is 2.01. The van der Waals surface area contributed by atoms with Crippen molar-refractivity contribution >= 4 is 27.9 Å². The van der Waals surface area contributed by atoms with E-state index in [0.717, 1.165) is 0 Å². The highest BCUT2D eigenvalue weighted by atomic mass is 79.9. The topological polar surface area (TPSA) is 43.1 Å². The van der Waals surface area contributed by atoms with Gasteiger partial charge in [0, 0.05) is 12.1 Å². The van der Waals surface area contributed by atoms with Crippen LogP contribution in [0.2, 0.25) is 0 Å². The second-order valence-electron chi connectivity index (χ2n) is 2.34. The van der Waals surface area contributed by atoms with Gasteiger partial charge in [0.05, 0.1) is 4.47 Å². The van der Waals surface area contributed by atoms with Crippen LogP contribution in [0.15, 0.2) is 16.6 Å². The molecule has 0 bridgehead atoms. The first kappa shape index (κ1) is 9.19. The molecule has 0 aliphatic heterocycles. The molecule has 0 aliphatic carbocycles. The number of nitrogen functional groups attached to an aromatic ring is 1. The third-order valence-corrected chi connectivity index (χ3v) is 2.09. The minimum absolute atomic E-state index is 0.149. The van der Waals surface area contributed by atoms with Crippen LogP contribution in [-0.4, -0.2) is 6.29 Å². The lowest BCUT2D eigenvalue weighted by atomic mass is 10.1. The Kier molecular flexibility index (Phi) is 2.81. The van der Waals surface area contributed by atoms with Crippen molar-refractivity contribution in [1.82, 2.24) is 0 Å². The maximum absolute atomic E-state index is 12.9. The van der Waals surface area contributed by atoms with Gasteiger partial charge in [-0.3, -0.25) is 0 Å². The fraction of sp³-hybridized carbons (Fsp3) is 0.125. The van der Waals surface area contributed by atoms with Gasteiger partial charge in [-0.15, -0.1) is 0 Å². The SMILES string of the molecule is Nc1cc(Br)c(F)cc1CC=O. The lowest BCUT2D eigenvalue weighted by molar-refractivity contribution is -0.107. The van der Waals surface area contributed by atoms with E-state index in [-0.39, 0.29) is 6.42 Å². The molecule has 0 saturated heterocycles. The highest BCUT2D eigenvalue weighted by molar-refractivity contribution is 9.10. The zero-order chi connectivity index (χ0) is 9.14. The van der Waals surface area contributed by atoms with Crippen molar-refractivity contribution < 1.29 is 9.18 Å². The summed E-state index contributed by atoms with van der Waals surface area (Å²) in [7, 11) is 0. The van der Waals surface area contributed by atoms with Crippen molar-refractivity contribution in [1.29, 1.82) is 0 Å². The van der Waals surface area contributed by atoms with Crippen molar-refractivity contribution in [2.24, 2.45) is 0 Å². The van der Waals surface area contributed by atoms with Crippen molar-refractivity contribution in [2.75, 3.05) is 5.73 Å². The standard InChI is InChI=1S/C8H7BrFNO/c9-6-4-8(11)5(1-2-12)3-7(6)10/h2-4H,1,11H2. The number of hydrogen-bond donors (Lipinski definition) is 1. The highest BCUT2D eigenvalue weighted by Gasteiger charge is 2.04. The molecule has 0 unspecified atom stereocenters. The second kappa shape index (κ2) is 3.67. The quantitative estimate of drug-likeness (QED) is 0.625. The lowest BCUT2D eigenvalue weighted by Crippen LogP contribution is -1.96. The molecule has 0 spiro atoms. The van der Waals surface area contributed by atoms with Crippen LogP contribution in [0.25, 0.3) is 0 Å². The van der Waals surface area contributed by atoms with Gasteiger partial charge in [-0.05, 0) is 33.6 Å². The molecule has 0 amide bonds. The Morgan fingerprint density at radius 2 is 2.25 bits per heavy atom. The van der Waals surface area contributed by atoms with Crippen LogP contribution in [0.4, 0.5) is 10.1 Å². The van der Waals surface area contributed by atoms with Crippen LogP contribution >= 0.6 is 15.9 Å². The summed E-state index contributed by atoms with van der Waals surface area (Å²) in [6, 6.07) is 2.71. The van der Waals surface area contributed by atoms with Crippen molar-refractivity contribution in [3.8, 4) is 0 Å². The number of anilines is 1. The third kappa shape index (κ3) is 1.82. The second-order valence-corrected chi connectivity index (χ2v) is 3.19. The minimum Gasteiger partial charge on any atom is -0.398 e. The molecule has 4 heteroatoms. The zero-order valence-electron chi connectivity index (χ0n) is 6.18.